The van der Waals surface area contributed by atoms with Crippen LogP contribution in [-0.2, 0) is 16.0 Å². The summed E-state index contributed by atoms with van der Waals surface area (Å²) in [6.07, 6.45) is -1.43. The van der Waals surface area contributed by atoms with Gasteiger partial charge in [-0.15, -0.1) is 0 Å². The molecule has 2 aliphatic rings. The summed E-state index contributed by atoms with van der Waals surface area (Å²) in [5.41, 5.74) is 0.793. The van der Waals surface area contributed by atoms with E-state index in [0.717, 1.165) is 12.0 Å². The smallest absolute Gasteiger partial charge is 0.408 e. The van der Waals surface area contributed by atoms with Crippen LogP contribution in [0, 0.1) is 11.8 Å². The molecule has 31 heavy (non-hydrogen) atoms. The van der Waals surface area contributed by atoms with Crippen molar-refractivity contribution < 1.29 is 32.7 Å². The van der Waals surface area contributed by atoms with Gasteiger partial charge in [0.25, 0.3) is 0 Å². The number of urea groups is 1. The maximum atomic E-state index is 13.6. The Morgan fingerprint density at radius 3 is 2.48 bits per heavy atom. The largest absolute Gasteiger partial charge is 0.480 e. The number of benzene rings is 1. The molecule has 1 heterocycles. The molecule has 1 aliphatic carbocycles. The maximum absolute atomic E-state index is 13.6. The SMILES string of the molecule is O=C(O)[C@@H]1C(CCc2cccc(Cl)c2)C(=O)N1C(=O)N[C@@H](C1CCCCC1)C(F)(F)F. The highest BCUT2D eigenvalue weighted by molar-refractivity contribution is 6.30. The number of halogens is 4. The van der Waals surface area contributed by atoms with Gasteiger partial charge >= 0.3 is 18.2 Å². The minimum atomic E-state index is -4.68. The summed E-state index contributed by atoms with van der Waals surface area (Å²) >= 11 is 5.92. The minimum absolute atomic E-state index is 0.144. The molecule has 10 heteroatoms. The van der Waals surface area contributed by atoms with Crippen LogP contribution in [0.2, 0.25) is 5.02 Å². The van der Waals surface area contributed by atoms with Crippen LogP contribution in [0.15, 0.2) is 24.3 Å². The van der Waals surface area contributed by atoms with Gasteiger partial charge in [0.2, 0.25) is 5.91 Å². The average molecular weight is 461 g/mol. The van der Waals surface area contributed by atoms with Gasteiger partial charge in [0.15, 0.2) is 6.04 Å². The first-order valence-electron chi connectivity index (χ1n) is 10.3. The second kappa shape index (κ2) is 9.46. The van der Waals surface area contributed by atoms with E-state index in [4.69, 9.17) is 11.6 Å². The van der Waals surface area contributed by atoms with E-state index in [-0.39, 0.29) is 6.42 Å². The number of hydrogen-bond acceptors (Lipinski definition) is 3. The molecule has 1 aromatic carbocycles. The number of nitrogens with zero attached hydrogens (tertiary/aromatic N) is 1. The molecule has 170 valence electrons. The van der Waals surface area contributed by atoms with Crippen LogP contribution in [0.5, 0.6) is 0 Å². The summed E-state index contributed by atoms with van der Waals surface area (Å²) < 4.78 is 40.7. The van der Waals surface area contributed by atoms with Crippen molar-refractivity contribution in [2.75, 3.05) is 0 Å². The molecular formula is C21H24ClF3N2O4. The standard InChI is InChI=1S/C21H24ClF3N2O4/c22-14-8-4-5-12(11-14)9-10-15-16(19(29)30)27(18(15)28)20(31)26-17(21(23,24)25)13-6-2-1-3-7-13/h4-5,8,11,13,15-17H,1-3,6-7,9-10H2,(H,26,31)(H,29,30)/t15?,16-,17-/m0/s1. The van der Waals surface area contributed by atoms with Crippen molar-refractivity contribution in [2.24, 2.45) is 11.8 Å². The van der Waals surface area contributed by atoms with Gasteiger partial charge in [-0.1, -0.05) is 43.0 Å². The summed E-state index contributed by atoms with van der Waals surface area (Å²) in [7, 11) is 0. The number of carbonyl (C=O) groups excluding carboxylic acids is 2. The lowest BCUT2D eigenvalue weighted by Gasteiger charge is -2.44. The first kappa shape index (κ1) is 23.4. The fourth-order valence-corrected chi connectivity index (χ4v) is 4.70. The first-order valence-corrected chi connectivity index (χ1v) is 10.6. The highest BCUT2D eigenvalue weighted by Crippen LogP contribution is 2.36. The summed E-state index contributed by atoms with van der Waals surface area (Å²) in [6, 6.07) is 1.95. The third kappa shape index (κ3) is 5.31. The van der Waals surface area contributed by atoms with Crippen molar-refractivity contribution in [2.45, 2.75) is 63.2 Å². The zero-order chi connectivity index (χ0) is 22.8. The van der Waals surface area contributed by atoms with E-state index in [0.29, 0.717) is 42.0 Å². The van der Waals surface area contributed by atoms with Crippen LogP contribution >= 0.6 is 11.6 Å². The van der Waals surface area contributed by atoms with Crippen molar-refractivity contribution in [1.82, 2.24) is 10.2 Å². The average Bonchev–Trinajstić information content (AvgIpc) is 2.69. The molecule has 1 saturated heterocycles. The van der Waals surface area contributed by atoms with Crippen LogP contribution in [0.25, 0.3) is 0 Å². The Bertz CT molecular complexity index is 842. The van der Waals surface area contributed by atoms with Crippen LogP contribution in [0.3, 0.4) is 0 Å². The number of carbonyl (C=O) groups is 3. The van der Waals surface area contributed by atoms with Gasteiger partial charge in [-0.3, -0.25) is 4.79 Å². The molecule has 1 aromatic rings. The van der Waals surface area contributed by atoms with Crippen molar-refractivity contribution in [1.29, 1.82) is 0 Å². The molecule has 3 amide bonds. The molecule has 2 N–H and O–H groups in total. The highest BCUT2D eigenvalue weighted by Gasteiger charge is 2.56. The number of β-lactam (4-membered cyclic amide) rings is 1. The molecule has 1 aliphatic heterocycles. The van der Waals surface area contributed by atoms with E-state index >= 15 is 0 Å². The Hall–Kier alpha value is -2.29. The Balaban J connectivity index is 1.68. The number of nitrogens with one attached hydrogen (secondary N) is 1. The van der Waals surface area contributed by atoms with Gasteiger partial charge in [-0.2, -0.15) is 13.2 Å². The molecule has 0 bridgehead atoms. The van der Waals surface area contributed by atoms with E-state index in [2.05, 4.69) is 0 Å². The van der Waals surface area contributed by atoms with Gasteiger partial charge in [0.05, 0.1) is 5.92 Å². The number of carboxylic acids is 1. The maximum Gasteiger partial charge on any atom is 0.408 e. The molecule has 6 nitrogen and oxygen atoms in total. The molecule has 3 atom stereocenters. The van der Waals surface area contributed by atoms with Crippen molar-refractivity contribution in [3.05, 3.63) is 34.9 Å². The van der Waals surface area contributed by atoms with E-state index in [1.807, 2.05) is 5.32 Å². The quantitative estimate of drug-likeness (QED) is 0.616. The fourth-order valence-electron chi connectivity index (χ4n) is 4.49. The summed E-state index contributed by atoms with van der Waals surface area (Å²) in [5, 5.41) is 11.9. The van der Waals surface area contributed by atoms with Crippen molar-refractivity contribution in [3.8, 4) is 0 Å². The molecular weight excluding hydrogens is 437 g/mol. The first-order chi connectivity index (χ1) is 14.6. The summed E-state index contributed by atoms with van der Waals surface area (Å²) in [6.45, 7) is 0. The third-order valence-corrected chi connectivity index (χ3v) is 6.31. The lowest BCUT2D eigenvalue weighted by atomic mass is 9.82. The lowest BCUT2D eigenvalue weighted by Crippen LogP contribution is -2.69. The van der Waals surface area contributed by atoms with Crippen LogP contribution < -0.4 is 5.32 Å². The molecule has 0 aromatic heterocycles. The number of likely N-dealkylation sites (tertiary alicyclic amines) is 1. The number of amides is 3. The van der Waals surface area contributed by atoms with Crippen molar-refractivity contribution in [3.63, 3.8) is 0 Å². The van der Waals surface area contributed by atoms with Gasteiger partial charge in [-0.05, 0) is 49.3 Å². The Morgan fingerprint density at radius 1 is 1.23 bits per heavy atom. The van der Waals surface area contributed by atoms with Crippen LogP contribution in [0.1, 0.15) is 44.1 Å². The van der Waals surface area contributed by atoms with E-state index < -0.39 is 48.0 Å². The van der Waals surface area contributed by atoms with Crippen LogP contribution in [-0.4, -0.2) is 46.2 Å². The number of rotatable bonds is 6. The van der Waals surface area contributed by atoms with E-state index in [1.54, 1.807) is 24.3 Å². The number of hydrogen-bond donors (Lipinski definition) is 2. The van der Waals surface area contributed by atoms with E-state index in [1.165, 1.54) is 0 Å². The molecule has 0 radical (unpaired) electrons. The predicted octanol–water partition coefficient (Wildman–Crippen LogP) is 4.41. The highest BCUT2D eigenvalue weighted by atomic mass is 35.5. The fraction of sp³-hybridized carbons (Fsp3) is 0.571. The van der Waals surface area contributed by atoms with Gasteiger partial charge in [-0.25, -0.2) is 14.5 Å². The van der Waals surface area contributed by atoms with Gasteiger partial charge < -0.3 is 10.4 Å². The Kier molecular flexibility index (Phi) is 7.13. The Labute approximate surface area is 182 Å². The normalized spacial score (nSPS) is 23.2. The topological polar surface area (TPSA) is 86.7 Å². The number of aliphatic carboxylic acids is 1. The zero-order valence-corrected chi connectivity index (χ0v) is 17.5. The molecule has 1 saturated carbocycles. The number of imide groups is 1. The Morgan fingerprint density at radius 2 is 1.90 bits per heavy atom. The second-order valence-corrected chi connectivity index (χ2v) is 8.57. The van der Waals surface area contributed by atoms with Gasteiger partial charge in [0, 0.05) is 5.02 Å². The minimum Gasteiger partial charge on any atom is -0.480 e. The third-order valence-electron chi connectivity index (χ3n) is 6.07. The number of aryl methyl sites for hydroxylation is 1. The molecule has 3 rings (SSSR count). The predicted molar refractivity (Wildman–Crippen MR) is 106 cm³/mol. The molecule has 2 fully saturated rings. The van der Waals surface area contributed by atoms with Crippen molar-refractivity contribution >= 4 is 29.5 Å². The lowest BCUT2D eigenvalue weighted by molar-refractivity contribution is -0.173. The zero-order valence-electron chi connectivity index (χ0n) is 16.7. The summed E-state index contributed by atoms with van der Waals surface area (Å²) in [5.74, 6) is -3.97. The number of alkyl halides is 3. The second-order valence-electron chi connectivity index (χ2n) is 8.13. The van der Waals surface area contributed by atoms with Gasteiger partial charge in [0.1, 0.15) is 6.04 Å². The monoisotopic (exact) mass is 460 g/mol. The van der Waals surface area contributed by atoms with E-state index in [9.17, 15) is 32.7 Å². The molecule has 0 spiro atoms. The molecule has 1 unspecified atom stereocenters. The van der Waals surface area contributed by atoms with Crippen LogP contribution in [0.4, 0.5) is 18.0 Å². The number of carboxylic acid groups (broad SMARTS) is 1. The summed E-state index contributed by atoms with van der Waals surface area (Å²) in [4.78, 5) is 37.1.